The molecule has 1 N–H and O–H groups in total. The van der Waals surface area contributed by atoms with Crippen molar-refractivity contribution in [2.75, 3.05) is 5.94 Å². The predicted molar refractivity (Wildman–Crippen MR) is 24.4 cm³/mol. The van der Waals surface area contributed by atoms with Gasteiger partial charge in [0.1, 0.15) is 0 Å². The Balaban J connectivity index is 1.97. The quantitative estimate of drug-likeness (QED) is 0.378. The van der Waals surface area contributed by atoms with Crippen LogP contribution in [0.5, 0.6) is 0 Å². The summed E-state index contributed by atoms with van der Waals surface area (Å²) in [5.41, 5.74) is 0. The van der Waals surface area contributed by atoms with Crippen LogP contribution < -0.4 is 0 Å². The summed E-state index contributed by atoms with van der Waals surface area (Å²) in [7, 11) is 2.32. The summed E-state index contributed by atoms with van der Waals surface area (Å²) in [6.45, 7) is 0. The first-order valence-corrected chi connectivity index (χ1v) is 3.30. The first kappa shape index (κ1) is 4.74. The topological polar surface area (TPSA) is 20.2 Å². The molecule has 3 heteroatoms. The summed E-state index contributed by atoms with van der Waals surface area (Å²) in [5, 5.41) is 7.82. The van der Waals surface area contributed by atoms with E-state index in [1.807, 2.05) is 0 Å². The first-order chi connectivity index (χ1) is 1.91. The molecule has 0 aromatic rings. The van der Waals surface area contributed by atoms with E-state index in [9.17, 15) is 0 Å². The zero-order chi connectivity index (χ0) is 3.41. The van der Waals surface area contributed by atoms with Crippen molar-refractivity contribution in [1.29, 1.82) is 0 Å². The third kappa shape index (κ3) is 2.74. The lowest BCUT2D eigenvalue weighted by Crippen LogP contribution is -1.55. The van der Waals surface area contributed by atoms with Crippen molar-refractivity contribution in [3.05, 3.63) is 0 Å². The molecule has 4 heavy (non-hydrogen) atoms. The molecule has 0 aliphatic heterocycles. The molecule has 0 aromatic carbocycles. The molecule has 0 amide bonds. The van der Waals surface area contributed by atoms with Crippen molar-refractivity contribution in [3.63, 3.8) is 0 Å². The maximum absolute atomic E-state index is 7.82. The van der Waals surface area contributed by atoms with Crippen LogP contribution >= 0.6 is 19.8 Å². The van der Waals surface area contributed by atoms with Gasteiger partial charge >= 0.3 is 0 Å². The molecule has 0 aliphatic rings. The fourth-order valence-electron chi connectivity index (χ4n) is 0. The Hall–Kier alpha value is 0.740. The van der Waals surface area contributed by atoms with Gasteiger partial charge in [0.2, 0.25) is 0 Å². The molecular formula is CH5OPS. The molecule has 0 fully saturated rings. The molecule has 0 saturated heterocycles. The van der Waals surface area contributed by atoms with E-state index in [1.165, 1.54) is 11.4 Å². The van der Waals surface area contributed by atoms with E-state index in [1.54, 1.807) is 0 Å². The Morgan fingerprint density at radius 1 is 2.00 bits per heavy atom. The predicted octanol–water partition coefficient (Wildman–Crippen LogP) is 0.459. The van der Waals surface area contributed by atoms with Crippen molar-refractivity contribution in [1.82, 2.24) is 0 Å². The van der Waals surface area contributed by atoms with Crippen LogP contribution in [0.25, 0.3) is 0 Å². The minimum atomic E-state index is 0.199. The third-order valence-electron chi connectivity index (χ3n) is 0.0745. The molecule has 26 valence electrons. The molecule has 0 aromatic heterocycles. The van der Waals surface area contributed by atoms with Crippen LogP contribution in [0.2, 0.25) is 0 Å². The average Bonchev–Trinajstić information content (AvgIpc) is 1.37. The summed E-state index contributed by atoms with van der Waals surface area (Å²) in [6.07, 6.45) is 0. The highest BCUT2D eigenvalue weighted by Gasteiger charge is 1.56. The van der Waals surface area contributed by atoms with E-state index in [0.29, 0.717) is 0 Å². The van der Waals surface area contributed by atoms with E-state index in [4.69, 9.17) is 5.11 Å². The van der Waals surface area contributed by atoms with Gasteiger partial charge in [0, 0.05) is 0 Å². The Morgan fingerprint density at radius 3 is 2.25 bits per heavy atom. The van der Waals surface area contributed by atoms with E-state index in [0.717, 1.165) is 0 Å². The van der Waals surface area contributed by atoms with Crippen LogP contribution in [-0.2, 0) is 0 Å². The van der Waals surface area contributed by atoms with Crippen molar-refractivity contribution >= 4 is 19.8 Å². The highest BCUT2D eigenvalue weighted by atomic mass is 32.7. The monoisotopic (exact) mass is 96.0 g/mol. The van der Waals surface area contributed by atoms with Gasteiger partial charge in [-0.1, -0.05) is 8.44 Å². The third-order valence-corrected chi connectivity index (χ3v) is 0.671. The molecule has 0 heterocycles. The second kappa shape index (κ2) is 3.74. The Labute approximate surface area is 31.7 Å². The molecule has 0 rings (SSSR count). The lowest BCUT2D eigenvalue weighted by atomic mass is 11.7. The van der Waals surface area contributed by atoms with E-state index in [2.05, 4.69) is 8.44 Å². The Bertz CT molecular complexity index is 10.0. The number of hydrogen-bond acceptors (Lipinski definition) is 2. The number of aliphatic hydroxyl groups is 1. The fraction of sp³-hybridized carbons (Fsp3) is 1.00. The zero-order valence-corrected chi connectivity index (χ0v) is 4.11. The lowest BCUT2D eigenvalue weighted by Gasteiger charge is -1.70. The summed E-state index contributed by atoms with van der Waals surface area (Å²) < 4.78 is 0. The van der Waals surface area contributed by atoms with E-state index in [-0.39, 0.29) is 5.94 Å². The van der Waals surface area contributed by atoms with Crippen molar-refractivity contribution in [3.8, 4) is 0 Å². The van der Waals surface area contributed by atoms with Gasteiger partial charge in [0.15, 0.2) is 0 Å². The Kier molecular flexibility index (Phi) is 4.43. The van der Waals surface area contributed by atoms with Gasteiger partial charge in [-0.3, -0.25) is 0 Å². The molecule has 0 saturated carbocycles. The van der Waals surface area contributed by atoms with Gasteiger partial charge in [-0.25, -0.2) is 0 Å². The highest BCUT2D eigenvalue weighted by molar-refractivity contribution is 8.43. The van der Waals surface area contributed by atoms with Gasteiger partial charge in [0.25, 0.3) is 0 Å². The van der Waals surface area contributed by atoms with Crippen LogP contribution in [0, 0.1) is 0 Å². The lowest BCUT2D eigenvalue weighted by molar-refractivity contribution is 0.376. The van der Waals surface area contributed by atoms with Gasteiger partial charge < -0.3 is 5.11 Å². The summed E-state index contributed by atoms with van der Waals surface area (Å²) in [6, 6.07) is 0. The zero-order valence-electron chi connectivity index (χ0n) is 2.14. The van der Waals surface area contributed by atoms with Crippen LogP contribution in [0.4, 0.5) is 0 Å². The fourth-order valence-corrected chi connectivity index (χ4v) is 0. The summed E-state index contributed by atoms with van der Waals surface area (Å²) in [5.74, 6) is 0.199. The summed E-state index contributed by atoms with van der Waals surface area (Å²) >= 11 is 1.33. The summed E-state index contributed by atoms with van der Waals surface area (Å²) in [4.78, 5) is 0. The number of aliphatic hydroxyl groups excluding tert-OH is 1. The number of rotatable bonds is 1. The second-order valence-corrected chi connectivity index (χ2v) is 1.89. The van der Waals surface area contributed by atoms with Crippen molar-refractivity contribution in [2.45, 2.75) is 0 Å². The van der Waals surface area contributed by atoms with Crippen molar-refractivity contribution < 1.29 is 5.11 Å². The maximum Gasteiger partial charge on any atom is 0.0921 e. The van der Waals surface area contributed by atoms with Gasteiger partial charge in [0.05, 0.1) is 5.94 Å². The molecular weight excluding hydrogens is 91.1 g/mol. The maximum atomic E-state index is 7.82. The largest absolute Gasteiger partial charge is 0.385 e. The van der Waals surface area contributed by atoms with Crippen LogP contribution in [0.15, 0.2) is 0 Å². The average molecular weight is 96.1 g/mol. The molecule has 0 spiro atoms. The molecule has 0 radical (unpaired) electrons. The molecule has 0 bridgehead atoms. The van der Waals surface area contributed by atoms with Gasteiger partial charge in [-0.2, -0.15) is 0 Å². The normalized spacial score (nSPS) is 7.50. The minimum Gasteiger partial charge on any atom is -0.385 e. The van der Waals surface area contributed by atoms with Crippen LogP contribution in [0.3, 0.4) is 0 Å². The van der Waals surface area contributed by atoms with Crippen LogP contribution in [0.1, 0.15) is 0 Å². The molecule has 1 atom stereocenters. The first-order valence-electron chi connectivity index (χ1n) is 0.841. The molecule has 1 nitrogen and oxygen atoms in total. The standard InChI is InChI=1S/CH5OPS/c2-1-4-3/h2H,1,3H2. The SMILES string of the molecule is OCSP. The highest BCUT2D eigenvalue weighted by Crippen LogP contribution is 2.04. The van der Waals surface area contributed by atoms with Gasteiger partial charge in [-0.15, -0.1) is 11.4 Å². The van der Waals surface area contributed by atoms with Crippen molar-refractivity contribution in [2.24, 2.45) is 0 Å². The Morgan fingerprint density at radius 2 is 2.25 bits per heavy atom. The van der Waals surface area contributed by atoms with Crippen LogP contribution in [-0.4, -0.2) is 11.0 Å². The van der Waals surface area contributed by atoms with Gasteiger partial charge in [-0.05, 0) is 0 Å². The molecule has 0 aliphatic carbocycles. The smallest absolute Gasteiger partial charge is 0.0921 e. The van der Waals surface area contributed by atoms with E-state index >= 15 is 0 Å². The number of hydrogen-bond donors (Lipinski definition) is 1. The molecule has 1 unspecified atom stereocenters. The second-order valence-electron chi connectivity index (χ2n) is 0.296. The van der Waals surface area contributed by atoms with E-state index < -0.39 is 0 Å². The minimum absolute atomic E-state index is 0.199.